The molecule has 0 amide bonds. The van der Waals surface area contributed by atoms with Crippen LogP contribution in [0.15, 0.2) is 61.1 Å². The number of halogens is 4. The number of esters is 1. The van der Waals surface area contributed by atoms with Crippen molar-refractivity contribution in [3.8, 4) is 11.8 Å². The second-order valence-electron chi connectivity index (χ2n) is 12.3. The molecule has 3 heterocycles. The summed E-state index contributed by atoms with van der Waals surface area (Å²) in [7, 11) is -4.62. The van der Waals surface area contributed by atoms with Crippen molar-refractivity contribution in [3.63, 3.8) is 0 Å². The summed E-state index contributed by atoms with van der Waals surface area (Å²) < 4.78 is 79.3. The van der Waals surface area contributed by atoms with E-state index in [2.05, 4.69) is 15.1 Å². The number of aromatic nitrogens is 3. The molecular formula is C32H31ClF3N6O8P. The van der Waals surface area contributed by atoms with Crippen molar-refractivity contribution in [2.45, 2.75) is 68.5 Å². The number of hydrogen-bond acceptors (Lipinski definition) is 12. The molecule has 1 aliphatic carbocycles. The van der Waals surface area contributed by atoms with Crippen LogP contribution in [0.5, 0.6) is 5.75 Å². The molecule has 3 unspecified atom stereocenters. The van der Waals surface area contributed by atoms with Crippen LogP contribution in [0.3, 0.4) is 0 Å². The number of carbonyl (C=O) groups excluding carboxylic acids is 1. The van der Waals surface area contributed by atoms with Gasteiger partial charge in [-0.05, 0) is 56.5 Å². The zero-order valence-corrected chi connectivity index (χ0v) is 28.4. The van der Waals surface area contributed by atoms with Gasteiger partial charge in [0.25, 0.3) is 0 Å². The first-order chi connectivity index (χ1) is 24.1. The minimum absolute atomic E-state index is 0.00717. The highest BCUT2D eigenvalue weighted by atomic mass is 35.5. The number of rotatable bonds is 11. The van der Waals surface area contributed by atoms with Crippen LogP contribution in [0.25, 0.3) is 11.0 Å². The van der Waals surface area contributed by atoms with E-state index in [1.807, 2.05) is 6.07 Å². The molecule has 6 rings (SSSR count). The summed E-state index contributed by atoms with van der Waals surface area (Å²) in [6, 6.07) is 12.3. The van der Waals surface area contributed by atoms with Crippen LogP contribution in [0.4, 0.5) is 19.0 Å². The molecule has 2 fully saturated rings. The van der Waals surface area contributed by atoms with Crippen molar-refractivity contribution in [2.24, 2.45) is 0 Å². The molecular weight excluding hydrogens is 720 g/mol. The Labute approximate surface area is 293 Å². The van der Waals surface area contributed by atoms with E-state index in [9.17, 15) is 38.0 Å². The highest BCUT2D eigenvalue weighted by Gasteiger charge is 2.56. The fraction of sp³-hybridized carbons (Fsp3) is 0.375. The molecule has 1 saturated carbocycles. The van der Waals surface area contributed by atoms with Crippen molar-refractivity contribution in [1.29, 1.82) is 5.26 Å². The van der Waals surface area contributed by atoms with Gasteiger partial charge in [0.15, 0.2) is 6.23 Å². The van der Waals surface area contributed by atoms with Crippen molar-refractivity contribution in [3.05, 3.63) is 82.8 Å². The Morgan fingerprint density at radius 1 is 1.24 bits per heavy atom. The maximum atomic E-state index is 14.5. The van der Waals surface area contributed by atoms with E-state index in [0.29, 0.717) is 11.4 Å². The van der Waals surface area contributed by atoms with Gasteiger partial charge in [-0.1, -0.05) is 29.8 Å². The van der Waals surface area contributed by atoms with E-state index >= 15 is 0 Å². The fourth-order valence-corrected chi connectivity index (χ4v) is 7.87. The lowest BCUT2D eigenvalue weighted by Crippen LogP contribution is -2.57. The van der Waals surface area contributed by atoms with Gasteiger partial charge >= 0.3 is 19.9 Å². The number of aliphatic hydroxyl groups excluding tert-OH is 1. The first kappa shape index (κ1) is 36.5. The maximum Gasteiger partial charge on any atom is 0.459 e. The van der Waals surface area contributed by atoms with Crippen LogP contribution < -0.4 is 15.3 Å². The molecule has 4 aromatic rings. The lowest BCUT2D eigenvalue weighted by Gasteiger charge is -2.41. The van der Waals surface area contributed by atoms with Crippen LogP contribution in [0, 0.1) is 11.3 Å². The highest BCUT2D eigenvalue weighted by molar-refractivity contribution is 7.52. The maximum absolute atomic E-state index is 14.5. The Morgan fingerprint density at radius 3 is 2.59 bits per heavy atom. The van der Waals surface area contributed by atoms with Crippen LogP contribution in [-0.4, -0.2) is 60.7 Å². The normalized spacial score (nSPS) is 24.0. The third kappa shape index (κ3) is 7.13. The van der Waals surface area contributed by atoms with Crippen LogP contribution in [0.1, 0.15) is 49.1 Å². The number of anilines is 1. The summed E-state index contributed by atoms with van der Waals surface area (Å²) in [5.74, 6) is -0.966. The SMILES string of the molecule is C[C@]1(O)C(n2cc(C#N)c3c(N)ncnc32)OC(COP(=O)(NC2(C(=O)OCc3ccccc3C(F)(F)F)CCC2)Oc2ccc(Cl)cc2)[C@H]1O. The summed E-state index contributed by atoms with van der Waals surface area (Å²) in [6.07, 6.45) is -5.94. The van der Waals surface area contributed by atoms with E-state index in [1.165, 1.54) is 60.2 Å². The zero-order chi connectivity index (χ0) is 36.8. The third-order valence-corrected chi connectivity index (χ3v) is 10.7. The van der Waals surface area contributed by atoms with Crippen LogP contribution in [0.2, 0.25) is 5.02 Å². The monoisotopic (exact) mass is 750 g/mol. The molecule has 1 saturated heterocycles. The summed E-state index contributed by atoms with van der Waals surface area (Å²) >= 11 is 5.99. The number of fused-ring (bicyclic) bond motifs is 1. The van der Waals surface area contributed by atoms with Gasteiger partial charge in [-0.3, -0.25) is 9.32 Å². The average molecular weight is 751 g/mol. The molecule has 2 aromatic carbocycles. The summed E-state index contributed by atoms with van der Waals surface area (Å²) in [4.78, 5) is 21.5. The summed E-state index contributed by atoms with van der Waals surface area (Å²) in [5.41, 5.74) is 1.26. The topological polar surface area (TPSA) is 204 Å². The number of hydrogen-bond donors (Lipinski definition) is 4. The molecule has 0 spiro atoms. The number of nitrogens with one attached hydrogen (secondary N) is 1. The van der Waals surface area contributed by atoms with E-state index in [0.717, 1.165) is 12.4 Å². The quantitative estimate of drug-likeness (QED) is 0.118. The number of nitrogen functional groups attached to an aromatic ring is 1. The first-order valence-corrected chi connectivity index (χ1v) is 17.4. The molecule has 1 aliphatic heterocycles. The van der Waals surface area contributed by atoms with Gasteiger partial charge in [0.2, 0.25) is 0 Å². The van der Waals surface area contributed by atoms with Crippen molar-refractivity contribution in [2.75, 3.05) is 12.3 Å². The van der Waals surface area contributed by atoms with Gasteiger partial charge in [0.05, 0.1) is 23.1 Å². The summed E-state index contributed by atoms with van der Waals surface area (Å²) in [5, 5.41) is 35.4. The number of nitriles is 1. The van der Waals surface area contributed by atoms with E-state index in [-0.39, 0.29) is 46.6 Å². The van der Waals surface area contributed by atoms with Crippen LogP contribution >= 0.6 is 19.3 Å². The zero-order valence-electron chi connectivity index (χ0n) is 26.7. The predicted molar refractivity (Wildman–Crippen MR) is 174 cm³/mol. The van der Waals surface area contributed by atoms with Crippen molar-refractivity contribution >= 4 is 42.2 Å². The number of ether oxygens (including phenoxy) is 2. The highest BCUT2D eigenvalue weighted by Crippen LogP contribution is 2.52. The van der Waals surface area contributed by atoms with Crippen molar-refractivity contribution in [1.82, 2.24) is 19.6 Å². The second kappa shape index (κ2) is 13.7. The standard InChI is InChI=1S/C32H31ClF3N6O8P/c1-30(45)25(43)23(49-28(30)42-14-19(13-37)24-26(38)39-17-40-27(24)42)16-48-51(46,50-21-9-7-20(33)8-10-21)41-31(11-4-12-31)29(44)47-15-18-5-2-3-6-22(18)32(34,35)36/h2-3,5-10,14,17,23,25,28,43,45H,4,11-12,15-16H2,1H3,(H,41,46)(H2,38,39,40)/t23?,25-,28?,30-,51?/m1/s1. The molecule has 2 aromatic heterocycles. The number of nitrogens with zero attached hydrogens (tertiary/aromatic N) is 4. The molecule has 14 nitrogen and oxygen atoms in total. The van der Waals surface area contributed by atoms with Gasteiger partial charge < -0.3 is 34.5 Å². The van der Waals surface area contributed by atoms with Gasteiger partial charge in [-0.15, -0.1) is 0 Å². The van der Waals surface area contributed by atoms with Crippen molar-refractivity contribution < 1.29 is 51.3 Å². The minimum atomic E-state index is -4.69. The Morgan fingerprint density at radius 2 is 1.94 bits per heavy atom. The van der Waals surface area contributed by atoms with E-state index < -0.39 is 68.2 Å². The average Bonchev–Trinajstić information content (AvgIpc) is 3.55. The Hall–Kier alpha value is -4.27. The number of nitrogens with two attached hydrogens (primary N) is 1. The predicted octanol–water partition coefficient (Wildman–Crippen LogP) is 5.03. The fourth-order valence-electron chi connectivity index (χ4n) is 6.00. The number of aliphatic hydroxyl groups is 2. The molecule has 51 heavy (non-hydrogen) atoms. The number of alkyl halides is 3. The van der Waals surface area contributed by atoms with Gasteiger partial charge in [-0.25, -0.2) is 14.5 Å². The third-order valence-electron chi connectivity index (χ3n) is 8.84. The Bertz CT molecular complexity index is 2040. The smallest absolute Gasteiger partial charge is 0.459 e. The number of carbonyl (C=O) groups is 1. The van der Waals surface area contributed by atoms with E-state index in [1.54, 1.807) is 0 Å². The lowest BCUT2D eigenvalue weighted by atomic mass is 9.78. The molecule has 2 aliphatic rings. The molecule has 5 N–H and O–H groups in total. The Balaban J connectivity index is 1.24. The minimum Gasteiger partial charge on any atom is -0.459 e. The van der Waals surface area contributed by atoms with Gasteiger partial charge in [0.1, 0.15) is 59.6 Å². The molecule has 270 valence electrons. The Kier molecular flexibility index (Phi) is 9.81. The van der Waals surface area contributed by atoms with Gasteiger partial charge in [-0.2, -0.15) is 23.5 Å². The molecule has 0 radical (unpaired) electrons. The lowest BCUT2D eigenvalue weighted by molar-refractivity contribution is -0.157. The van der Waals surface area contributed by atoms with E-state index in [4.69, 9.17) is 35.9 Å². The molecule has 5 atom stereocenters. The largest absolute Gasteiger partial charge is 0.459 e. The van der Waals surface area contributed by atoms with Crippen LogP contribution in [-0.2, 0) is 36.1 Å². The van der Waals surface area contributed by atoms with Gasteiger partial charge in [0, 0.05) is 16.8 Å². The number of benzene rings is 2. The molecule has 0 bridgehead atoms. The second-order valence-corrected chi connectivity index (χ2v) is 14.4. The molecule has 19 heteroatoms. The first-order valence-electron chi connectivity index (χ1n) is 15.5. The summed E-state index contributed by atoms with van der Waals surface area (Å²) in [6.45, 7) is -0.0990.